The van der Waals surface area contributed by atoms with Crippen molar-refractivity contribution in [2.75, 3.05) is 7.11 Å². The zero-order valence-electron chi connectivity index (χ0n) is 11.4. The van der Waals surface area contributed by atoms with Crippen LogP contribution in [0.25, 0.3) is 33.5 Å². The first-order valence-electron chi connectivity index (χ1n) is 6.46. The van der Waals surface area contributed by atoms with Crippen molar-refractivity contribution in [2.24, 2.45) is 0 Å². The molecule has 0 bridgehead atoms. The van der Waals surface area contributed by atoms with Crippen molar-refractivity contribution in [3.8, 4) is 17.3 Å². The van der Waals surface area contributed by atoms with Crippen LogP contribution in [0.4, 0.5) is 0 Å². The summed E-state index contributed by atoms with van der Waals surface area (Å²) < 4.78 is 6.31. The molecule has 0 aliphatic rings. The van der Waals surface area contributed by atoms with Crippen molar-refractivity contribution in [1.29, 1.82) is 0 Å². The second kappa shape index (κ2) is 4.83. The van der Waals surface area contributed by atoms with Gasteiger partial charge in [0.25, 0.3) is 0 Å². The Hall–Kier alpha value is -2.36. The van der Waals surface area contributed by atoms with Crippen LogP contribution in [0.2, 0.25) is 0 Å². The summed E-state index contributed by atoms with van der Waals surface area (Å²) in [6.07, 6.45) is 1.70. The normalized spacial score (nSPS) is 11.4. The first-order valence-corrected chi connectivity index (χ1v) is 7.54. The zero-order chi connectivity index (χ0) is 15.3. The summed E-state index contributed by atoms with van der Waals surface area (Å²) in [5.41, 5.74) is 3.65. The predicted octanol–water partition coefficient (Wildman–Crippen LogP) is 2.41. The second-order valence-electron chi connectivity index (χ2n) is 4.76. The molecular formula is C14H10IN5O2. The molecule has 8 heteroatoms. The number of H-pyrrole nitrogens is 3. The summed E-state index contributed by atoms with van der Waals surface area (Å²) in [5.74, 6) is 1.20. The van der Waals surface area contributed by atoms with Crippen LogP contribution in [0.3, 0.4) is 0 Å². The van der Waals surface area contributed by atoms with E-state index >= 15 is 0 Å². The van der Waals surface area contributed by atoms with Crippen molar-refractivity contribution in [2.45, 2.75) is 0 Å². The van der Waals surface area contributed by atoms with Gasteiger partial charge in [-0.05, 0) is 40.8 Å². The van der Waals surface area contributed by atoms with Gasteiger partial charge >= 0.3 is 5.69 Å². The number of nitrogens with one attached hydrogen (secondary N) is 3. The van der Waals surface area contributed by atoms with Crippen LogP contribution >= 0.6 is 22.6 Å². The van der Waals surface area contributed by atoms with Gasteiger partial charge in [0.15, 0.2) is 0 Å². The molecule has 110 valence electrons. The SMILES string of the molecule is COc1nccc(I)c1-c1nc2cc3[nH]c(=O)[nH]c3cc2[nH]1. The minimum atomic E-state index is -0.230. The summed E-state index contributed by atoms with van der Waals surface area (Å²) in [6.45, 7) is 0. The predicted molar refractivity (Wildman–Crippen MR) is 91.1 cm³/mol. The van der Waals surface area contributed by atoms with E-state index in [4.69, 9.17) is 4.74 Å². The van der Waals surface area contributed by atoms with Crippen LogP contribution in [-0.4, -0.2) is 32.0 Å². The Morgan fingerprint density at radius 1 is 1.14 bits per heavy atom. The van der Waals surface area contributed by atoms with Gasteiger partial charge in [-0.2, -0.15) is 0 Å². The van der Waals surface area contributed by atoms with Gasteiger partial charge in [0.05, 0.1) is 34.7 Å². The van der Waals surface area contributed by atoms with Gasteiger partial charge in [-0.3, -0.25) is 0 Å². The van der Waals surface area contributed by atoms with Gasteiger partial charge in [-0.1, -0.05) is 0 Å². The molecule has 0 spiro atoms. The monoisotopic (exact) mass is 407 g/mol. The number of imidazole rings is 2. The number of halogens is 1. The maximum Gasteiger partial charge on any atom is 0.323 e. The van der Waals surface area contributed by atoms with Crippen LogP contribution < -0.4 is 10.4 Å². The Bertz CT molecular complexity index is 1010. The molecule has 0 aliphatic carbocycles. The second-order valence-corrected chi connectivity index (χ2v) is 5.92. The molecule has 0 fully saturated rings. The van der Waals surface area contributed by atoms with Gasteiger partial charge < -0.3 is 19.7 Å². The van der Waals surface area contributed by atoms with Crippen molar-refractivity contribution in [3.05, 3.63) is 38.5 Å². The molecule has 4 rings (SSSR count). The number of methoxy groups -OCH3 is 1. The van der Waals surface area contributed by atoms with Crippen molar-refractivity contribution >= 4 is 44.7 Å². The Morgan fingerprint density at radius 3 is 2.68 bits per heavy atom. The number of pyridine rings is 1. The number of aromatic amines is 3. The van der Waals surface area contributed by atoms with E-state index in [0.717, 1.165) is 31.2 Å². The fourth-order valence-electron chi connectivity index (χ4n) is 2.45. The van der Waals surface area contributed by atoms with Crippen molar-refractivity contribution in [3.63, 3.8) is 0 Å². The number of benzene rings is 1. The minimum absolute atomic E-state index is 0.230. The fourth-order valence-corrected chi connectivity index (χ4v) is 3.09. The van der Waals surface area contributed by atoms with E-state index in [1.165, 1.54) is 0 Å². The summed E-state index contributed by atoms with van der Waals surface area (Å²) in [4.78, 5) is 28.9. The molecule has 0 saturated heterocycles. The van der Waals surface area contributed by atoms with E-state index < -0.39 is 0 Å². The maximum absolute atomic E-state index is 11.3. The number of ether oxygens (including phenoxy) is 1. The Balaban J connectivity index is 1.99. The Morgan fingerprint density at radius 2 is 1.91 bits per heavy atom. The number of fused-ring (bicyclic) bond motifs is 2. The number of nitrogens with zero attached hydrogens (tertiary/aromatic N) is 2. The minimum Gasteiger partial charge on any atom is -0.480 e. The third-order valence-electron chi connectivity index (χ3n) is 3.41. The molecule has 0 unspecified atom stereocenters. The average Bonchev–Trinajstić information content (AvgIpc) is 3.05. The van der Waals surface area contributed by atoms with Gasteiger partial charge in [0.1, 0.15) is 5.82 Å². The first kappa shape index (κ1) is 13.3. The topological polar surface area (TPSA) is 99.4 Å². The number of rotatable bonds is 2. The molecule has 7 nitrogen and oxygen atoms in total. The number of aromatic nitrogens is 5. The van der Waals surface area contributed by atoms with E-state index in [-0.39, 0.29) is 5.69 Å². The number of hydrogen-bond acceptors (Lipinski definition) is 4. The fraction of sp³-hybridized carbons (Fsp3) is 0.0714. The molecule has 0 saturated carbocycles. The lowest BCUT2D eigenvalue weighted by Gasteiger charge is -2.06. The van der Waals surface area contributed by atoms with E-state index in [9.17, 15) is 4.79 Å². The Labute approximate surface area is 137 Å². The van der Waals surface area contributed by atoms with E-state index in [1.807, 2.05) is 18.2 Å². The number of hydrogen-bond donors (Lipinski definition) is 3. The van der Waals surface area contributed by atoms with Crippen LogP contribution in [0.1, 0.15) is 0 Å². The van der Waals surface area contributed by atoms with E-state index in [0.29, 0.717) is 11.7 Å². The quantitative estimate of drug-likeness (QED) is 0.445. The molecule has 3 heterocycles. The van der Waals surface area contributed by atoms with Gasteiger partial charge in [-0.15, -0.1) is 0 Å². The molecule has 0 atom stereocenters. The molecule has 22 heavy (non-hydrogen) atoms. The van der Waals surface area contributed by atoms with Crippen LogP contribution in [0, 0.1) is 3.57 Å². The summed E-state index contributed by atoms with van der Waals surface area (Å²) in [6, 6.07) is 5.58. The molecule has 0 radical (unpaired) electrons. The van der Waals surface area contributed by atoms with E-state index in [2.05, 4.69) is 47.5 Å². The van der Waals surface area contributed by atoms with E-state index in [1.54, 1.807) is 13.3 Å². The highest BCUT2D eigenvalue weighted by Gasteiger charge is 2.16. The lowest BCUT2D eigenvalue weighted by atomic mass is 10.2. The zero-order valence-corrected chi connectivity index (χ0v) is 13.6. The largest absolute Gasteiger partial charge is 0.480 e. The van der Waals surface area contributed by atoms with Crippen LogP contribution in [0.15, 0.2) is 29.2 Å². The van der Waals surface area contributed by atoms with Gasteiger partial charge in [0.2, 0.25) is 5.88 Å². The smallest absolute Gasteiger partial charge is 0.323 e. The molecule has 0 amide bonds. The average molecular weight is 407 g/mol. The summed E-state index contributed by atoms with van der Waals surface area (Å²) >= 11 is 2.22. The van der Waals surface area contributed by atoms with Gasteiger partial charge in [0, 0.05) is 9.77 Å². The lowest BCUT2D eigenvalue weighted by Crippen LogP contribution is -1.99. The van der Waals surface area contributed by atoms with Crippen molar-refractivity contribution < 1.29 is 4.74 Å². The van der Waals surface area contributed by atoms with Gasteiger partial charge in [-0.25, -0.2) is 14.8 Å². The third-order valence-corrected chi connectivity index (χ3v) is 4.31. The van der Waals surface area contributed by atoms with Crippen LogP contribution in [0.5, 0.6) is 5.88 Å². The van der Waals surface area contributed by atoms with Crippen LogP contribution in [-0.2, 0) is 0 Å². The highest BCUT2D eigenvalue weighted by Crippen LogP contribution is 2.32. The first-order chi connectivity index (χ1) is 10.7. The lowest BCUT2D eigenvalue weighted by molar-refractivity contribution is 0.399. The molecule has 3 N–H and O–H groups in total. The Kier molecular flexibility index (Phi) is 2.93. The van der Waals surface area contributed by atoms with Crippen molar-refractivity contribution in [1.82, 2.24) is 24.9 Å². The molecule has 1 aromatic carbocycles. The highest BCUT2D eigenvalue weighted by atomic mass is 127. The molecule has 3 aromatic heterocycles. The molecule has 4 aromatic rings. The molecule has 0 aliphatic heterocycles. The molecular weight excluding hydrogens is 397 g/mol. The standard InChI is InChI=1S/C14H10IN5O2/c1-22-13-11(6(15)2-3-16-13)12-17-7-4-9-10(5-8(7)18-12)20-14(21)19-9/h2-5H,1H3,(H,17,18)(H2,19,20,21). The maximum atomic E-state index is 11.3. The third kappa shape index (κ3) is 1.98. The highest BCUT2D eigenvalue weighted by molar-refractivity contribution is 14.1. The summed E-state index contributed by atoms with van der Waals surface area (Å²) in [7, 11) is 1.58. The summed E-state index contributed by atoms with van der Waals surface area (Å²) in [5, 5.41) is 0.